The monoisotopic (exact) mass is 484 g/mol. The Morgan fingerprint density at radius 2 is 1.03 bits per heavy atom. The maximum atomic E-state index is 11.9. The van der Waals surface area contributed by atoms with Crippen molar-refractivity contribution in [2.45, 2.75) is 143 Å². The number of rotatable bonds is 27. The van der Waals surface area contributed by atoms with E-state index in [-0.39, 0.29) is 5.91 Å². The van der Waals surface area contributed by atoms with Gasteiger partial charge in [0.2, 0.25) is 5.91 Å². The molecule has 0 radical (unpaired) electrons. The number of carbonyl (C=O) groups excluding carboxylic acids is 1. The maximum Gasteiger partial charge on any atom is 0.220 e. The van der Waals surface area contributed by atoms with Crippen LogP contribution < -0.4 is 5.32 Å². The van der Waals surface area contributed by atoms with E-state index in [0.717, 1.165) is 32.6 Å². The van der Waals surface area contributed by atoms with Crippen molar-refractivity contribution in [3.63, 3.8) is 0 Å². The Kier molecular flexibility index (Phi) is 27.8. The Bertz CT molecular complexity index is 388. The molecule has 0 saturated heterocycles. The van der Waals surface area contributed by atoms with Crippen LogP contribution in [0, 0.1) is 0 Å². The molecule has 0 aliphatic heterocycles. The molecule has 0 spiro atoms. The lowest BCUT2D eigenvalue weighted by atomic mass is 10.1. The predicted molar refractivity (Wildman–Crippen MR) is 152 cm³/mol. The molecule has 33 heavy (non-hydrogen) atoms. The van der Waals surface area contributed by atoms with Crippen molar-refractivity contribution >= 4 is 17.7 Å². The molecule has 0 atom stereocenters. The van der Waals surface area contributed by atoms with E-state index < -0.39 is 0 Å². The van der Waals surface area contributed by atoms with Crippen molar-refractivity contribution < 1.29 is 4.79 Å². The second kappa shape index (κ2) is 28.0. The molecule has 3 nitrogen and oxygen atoms in total. The molecule has 4 heteroatoms. The molecule has 1 N–H and O–H groups in total. The van der Waals surface area contributed by atoms with E-state index in [0.29, 0.717) is 6.42 Å². The molecule has 0 rings (SSSR count). The first-order valence-corrected chi connectivity index (χ1v) is 16.0. The zero-order valence-electron chi connectivity index (χ0n) is 22.9. The molecular formula is C29H60N2OS. The zero-order chi connectivity index (χ0) is 24.2. The Labute approximate surface area is 213 Å². The molecule has 0 bridgehead atoms. The van der Waals surface area contributed by atoms with E-state index in [9.17, 15) is 4.79 Å². The Morgan fingerprint density at radius 3 is 1.48 bits per heavy atom. The average Bonchev–Trinajstić information content (AvgIpc) is 2.82. The highest BCUT2D eigenvalue weighted by molar-refractivity contribution is 7.99. The van der Waals surface area contributed by atoms with Gasteiger partial charge in [-0.1, -0.05) is 117 Å². The van der Waals surface area contributed by atoms with Gasteiger partial charge in [-0.15, -0.1) is 0 Å². The molecule has 1 amide bonds. The van der Waals surface area contributed by atoms with E-state index in [4.69, 9.17) is 0 Å². The van der Waals surface area contributed by atoms with E-state index >= 15 is 0 Å². The summed E-state index contributed by atoms with van der Waals surface area (Å²) in [4.78, 5) is 14.2. The lowest BCUT2D eigenvalue weighted by Gasteiger charge is -2.17. The largest absolute Gasteiger partial charge is 0.355 e. The van der Waals surface area contributed by atoms with Crippen LogP contribution in [0.4, 0.5) is 0 Å². The first-order valence-electron chi connectivity index (χ1n) is 14.8. The standard InChI is InChI=1S/C29H60N2OS/c1-4-7-8-9-10-11-13-16-19-22-27-33-28-23-20-17-14-12-15-18-21-24-29(32)30-25-26-31(5-2)6-3/h4-28H2,1-3H3,(H,30,32). The number of unbranched alkanes of at least 4 members (excludes halogenated alkanes) is 16. The van der Waals surface area contributed by atoms with Crippen molar-refractivity contribution in [3.8, 4) is 0 Å². The molecule has 0 saturated carbocycles. The fourth-order valence-electron chi connectivity index (χ4n) is 4.33. The number of hydrogen-bond donors (Lipinski definition) is 1. The minimum Gasteiger partial charge on any atom is -0.355 e. The van der Waals surface area contributed by atoms with Gasteiger partial charge >= 0.3 is 0 Å². The van der Waals surface area contributed by atoms with Gasteiger partial charge in [0.15, 0.2) is 0 Å². The lowest BCUT2D eigenvalue weighted by Crippen LogP contribution is -2.34. The summed E-state index contributed by atoms with van der Waals surface area (Å²) in [5.41, 5.74) is 0. The molecule has 0 aromatic rings. The van der Waals surface area contributed by atoms with Crippen molar-refractivity contribution in [2.24, 2.45) is 0 Å². The molecule has 0 fully saturated rings. The van der Waals surface area contributed by atoms with Crippen LogP contribution in [0.25, 0.3) is 0 Å². The number of nitrogens with one attached hydrogen (secondary N) is 1. The van der Waals surface area contributed by atoms with Crippen LogP contribution >= 0.6 is 11.8 Å². The van der Waals surface area contributed by atoms with Crippen LogP contribution in [-0.2, 0) is 4.79 Å². The van der Waals surface area contributed by atoms with Gasteiger partial charge in [0.05, 0.1) is 0 Å². The summed E-state index contributed by atoms with van der Waals surface area (Å²) in [6, 6.07) is 0. The summed E-state index contributed by atoms with van der Waals surface area (Å²) < 4.78 is 0. The summed E-state index contributed by atoms with van der Waals surface area (Å²) in [6.45, 7) is 10.5. The van der Waals surface area contributed by atoms with Gasteiger partial charge in [-0.3, -0.25) is 4.79 Å². The minimum atomic E-state index is 0.234. The van der Waals surface area contributed by atoms with Crippen LogP contribution in [-0.4, -0.2) is 48.5 Å². The first-order chi connectivity index (χ1) is 16.2. The van der Waals surface area contributed by atoms with Gasteiger partial charge in [-0.05, 0) is 43.9 Å². The molecular weight excluding hydrogens is 424 g/mol. The molecule has 198 valence electrons. The maximum absolute atomic E-state index is 11.9. The van der Waals surface area contributed by atoms with Crippen molar-refractivity contribution in [3.05, 3.63) is 0 Å². The van der Waals surface area contributed by atoms with E-state index in [1.807, 2.05) is 0 Å². The highest BCUT2D eigenvalue weighted by Gasteiger charge is 2.03. The number of carbonyl (C=O) groups is 1. The number of amides is 1. The smallest absolute Gasteiger partial charge is 0.220 e. The normalized spacial score (nSPS) is 11.4. The number of hydrogen-bond acceptors (Lipinski definition) is 3. The minimum absolute atomic E-state index is 0.234. The summed E-state index contributed by atoms with van der Waals surface area (Å²) in [6.07, 6.45) is 25.6. The van der Waals surface area contributed by atoms with E-state index in [1.54, 1.807) is 0 Å². The van der Waals surface area contributed by atoms with Crippen molar-refractivity contribution in [2.75, 3.05) is 37.7 Å². The number of nitrogens with zero attached hydrogens (tertiary/aromatic N) is 1. The van der Waals surface area contributed by atoms with Gasteiger partial charge in [-0.25, -0.2) is 0 Å². The number of thioether (sulfide) groups is 1. The SMILES string of the molecule is CCCCCCCCCCCCSCCCCCCCCCCC(=O)NCCN(CC)CC. The average molecular weight is 485 g/mol. The summed E-state index contributed by atoms with van der Waals surface area (Å²) >= 11 is 2.18. The van der Waals surface area contributed by atoms with Crippen LogP contribution in [0.5, 0.6) is 0 Å². The van der Waals surface area contributed by atoms with Crippen LogP contribution in [0.2, 0.25) is 0 Å². The van der Waals surface area contributed by atoms with Gasteiger partial charge in [0, 0.05) is 19.5 Å². The Hall–Kier alpha value is -0.220. The Balaban J connectivity index is 3.15. The molecule has 0 aliphatic rings. The predicted octanol–water partition coefficient (Wildman–Crippen LogP) is 8.61. The van der Waals surface area contributed by atoms with Crippen molar-refractivity contribution in [1.29, 1.82) is 0 Å². The van der Waals surface area contributed by atoms with Crippen LogP contribution in [0.15, 0.2) is 0 Å². The topological polar surface area (TPSA) is 32.3 Å². The van der Waals surface area contributed by atoms with Gasteiger partial charge < -0.3 is 10.2 Å². The highest BCUT2D eigenvalue weighted by Crippen LogP contribution is 2.15. The fraction of sp³-hybridized carbons (Fsp3) is 0.966. The second-order valence-corrected chi connectivity index (χ2v) is 11.0. The quantitative estimate of drug-likeness (QED) is 0.118. The van der Waals surface area contributed by atoms with Crippen molar-refractivity contribution in [1.82, 2.24) is 10.2 Å². The van der Waals surface area contributed by atoms with E-state index in [1.165, 1.54) is 121 Å². The molecule has 0 unspecified atom stereocenters. The second-order valence-electron chi connectivity index (χ2n) is 9.75. The van der Waals surface area contributed by atoms with Gasteiger partial charge in [-0.2, -0.15) is 11.8 Å². The summed E-state index contributed by atoms with van der Waals surface area (Å²) in [7, 11) is 0. The van der Waals surface area contributed by atoms with Crippen LogP contribution in [0.3, 0.4) is 0 Å². The molecule has 0 heterocycles. The van der Waals surface area contributed by atoms with Gasteiger partial charge in [0.1, 0.15) is 0 Å². The highest BCUT2D eigenvalue weighted by atomic mass is 32.2. The van der Waals surface area contributed by atoms with Crippen LogP contribution in [0.1, 0.15) is 143 Å². The summed E-state index contributed by atoms with van der Waals surface area (Å²) in [5.74, 6) is 2.97. The Morgan fingerprint density at radius 1 is 0.606 bits per heavy atom. The number of likely N-dealkylation sites (N-methyl/N-ethyl adjacent to an activating group) is 1. The molecule has 0 aliphatic carbocycles. The molecule has 0 aromatic heterocycles. The lowest BCUT2D eigenvalue weighted by molar-refractivity contribution is -0.121. The third-order valence-electron chi connectivity index (χ3n) is 6.73. The summed E-state index contributed by atoms with van der Waals surface area (Å²) in [5, 5.41) is 3.06. The molecule has 0 aromatic carbocycles. The zero-order valence-corrected chi connectivity index (χ0v) is 23.8. The van der Waals surface area contributed by atoms with E-state index in [2.05, 4.69) is 42.7 Å². The fourth-order valence-corrected chi connectivity index (χ4v) is 5.35. The third kappa shape index (κ3) is 26.2. The van der Waals surface area contributed by atoms with Gasteiger partial charge in [0.25, 0.3) is 0 Å². The third-order valence-corrected chi connectivity index (χ3v) is 7.88. The first kappa shape index (κ1) is 32.8.